The minimum absolute atomic E-state index is 0.0730. The second-order valence-electron chi connectivity index (χ2n) is 7.42. The molecule has 0 aromatic heterocycles. The molecule has 0 aliphatic rings. The number of likely N-dealkylation sites (N-methyl/N-ethyl adjacent to an activating group) is 1. The molecule has 0 amide bonds. The Morgan fingerprint density at radius 3 is 2.12 bits per heavy atom. The third-order valence-corrected chi connectivity index (χ3v) is 5.42. The molecule has 0 unspecified atom stereocenters. The number of nitrogens with zero attached hydrogens (tertiary/aromatic N) is 1. The largest absolute Gasteiger partial charge is 0.392 e. The van der Waals surface area contributed by atoms with Gasteiger partial charge in [0.05, 0.1) is 43.8 Å². The molecule has 4 atom stereocenters. The van der Waals surface area contributed by atoms with E-state index in [0.717, 1.165) is 0 Å². The van der Waals surface area contributed by atoms with Crippen LogP contribution in [0.2, 0.25) is 0 Å². The maximum Gasteiger partial charge on any atom is 0.211 e. The van der Waals surface area contributed by atoms with E-state index in [1.165, 1.54) is 10.6 Å². The molecule has 0 aromatic carbocycles. The van der Waals surface area contributed by atoms with Crippen LogP contribution < -0.4 is 5.73 Å². The number of hydrogen-bond donors (Lipinski definition) is 2. The Bertz CT molecular complexity index is 448. The standard InChI is InChI=1S/C16H36N2O5S/c1-8-18(24(7,20)21)9-14(23-13(3)16(4,5)6)10-22-11-15(17)12(2)19/h12-15,19H,8-11,17H2,1-7H3/t12-,13+,14+,15-/m1/s1. The van der Waals surface area contributed by atoms with Gasteiger partial charge in [0.15, 0.2) is 0 Å². The summed E-state index contributed by atoms with van der Waals surface area (Å²) in [5.41, 5.74) is 5.67. The molecule has 0 aliphatic heterocycles. The van der Waals surface area contributed by atoms with Gasteiger partial charge in [0.2, 0.25) is 10.0 Å². The molecule has 0 saturated heterocycles. The summed E-state index contributed by atoms with van der Waals surface area (Å²) in [7, 11) is -3.30. The van der Waals surface area contributed by atoms with Crippen LogP contribution in [0.4, 0.5) is 0 Å². The molecule has 0 spiro atoms. The van der Waals surface area contributed by atoms with Crippen LogP contribution in [0.3, 0.4) is 0 Å². The monoisotopic (exact) mass is 368 g/mol. The highest BCUT2D eigenvalue weighted by Gasteiger charge is 2.27. The zero-order chi connectivity index (χ0) is 19.1. The molecule has 0 aliphatic carbocycles. The van der Waals surface area contributed by atoms with E-state index in [9.17, 15) is 13.5 Å². The summed E-state index contributed by atoms with van der Waals surface area (Å²) in [5, 5.41) is 9.40. The first-order chi connectivity index (χ1) is 10.8. The van der Waals surface area contributed by atoms with Crippen molar-refractivity contribution in [2.75, 3.05) is 32.6 Å². The van der Waals surface area contributed by atoms with Gasteiger partial charge in [0.25, 0.3) is 0 Å². The lowest BCUT2D eigenvalue weighted by molar-refractivity contribution is -0.0936. The highest BCUT2D eigenvalue weighted by Crippen LogP contribution is 2.23. The number of ether oxygens (including phenoxy) is 2. The van der Waals surface area contributed by atoms with E-state index >= 15 is 0 Å². The highest BCUT2D eigenvalue weighted by molar-refractivity contribution is 7.88. The number of hydrogen-bond acceptors (Lipinski definition) is 6. The predicted octanol–water partition coefficient (Wildman–Crippen LogP) is 0.812. The molecule has 3 N–H and O–H groups in total. The molecule has 8 heteroatoms. The molecule has 0 radical (unpaired) electrons. The van der Waals surface area contributed by atoms with E-state index in [2.05, 4.69) is 20.8 Å². The van der Waals surface area contributed by atoms with Crippen LogP contribution in [0.5, 0.6) is 0 Å². The Hall–Kier alpha value is -0.250. The smallest absolute Gasteiger partial charge is 0.211 e. The van der Waals surface area contributed by atoms with Gasteiger partial charge in [-0.15, -0.1) is 0 Å². The Morgan fingerprint density at radius 2 is 1.75 bits per heavy atom. The van der Waals surface area contributed by atoms with Crippen molar-refractivity contribution in [2.45, 2.75) is 65.9 Å². The second-order valence-corrected chi connectivity index (χ2v) is 9.40. The summed E-state index contributed by atoms with van der Waals surface area (Å²) < 4.78 is 36.6. The predicted molar refractivity (Wildman–Crippen MR) is 96.4 cm³/mol. The van der Waals surface area contributed by atoms with Gasteiger partial charge < -0.3 is 20.3 Å². The third-order valence-electron chi connectivity index (χ3n) is 4.08. The van der Waals surface area contributed by atoms with E-state index in [0.29, 0.717) is 6.54 Å². The van der Waals surface area contributed by atoms with Crippen LogP contribution in [0.25, 0.3) is 0 Å². The van der Waals surface area contributed by atoms with Crippen LogP contribution in [0.15, 0.2) is 0 Å². The Balaban J connectivity index is 4.89. The van der Waals surface area contributed by atoms with Crippen LogP contribution in [-0.2, 0) is 19.5 Å². The molecule has 0 heterocycles. The fourth-order valence-electron chi connectivity index (χ4n) is 1.83. The molecular formula is C16H36N2O5S. The van der Waals surface area contributed by atoms with E-state index in [4.69, 9.17) is 15.2 Å². The summed E-state index contributed by atoms with van der Waals surface area (Å²) in [6.45, 7) is 12.5. The first-order valence-electron chi connectivity index (χ1n) is 8.41. The molecule has 0 bridgehead atoms. The van der Waals surface area contributed by atoms with Gasteiger partial charge in [-0.1, -0.05) is 27.7 Å². The Morgan fingerprint density at radius 1 is 1.21 bits per heavy atom. The van der Waals surface area contributed by atoms with Crippen molar-refractivity contribution in [1.29, 1.82) is 0 Å². The van der Waals surface area contributed by atoms with Gasteiger partial charge in [-0.05, 0) is 19.3 Å². The first-order valence-corrected chi connectivity index (χ1v) is 10.3. The van der Waals surface area contributed by atoms with E-state index in [-0.39, 0.29) is 31.3 Å². The summed E-state index contributed by atoms with van der Waals surface area (Å²) in [5.74, 6) is 0. The zero-order valence-electron chi connectivity index (χ0n) is 16.2. The quantitative estimate of drug-likeness (QED) is 0.560. The third kappa shape index (κ3) is 9.29. The van der Waals surface area contributed by atoms with Crippen molar-refractivity contribution >= 4 is 10.0 Å². The average Bonchev–Trinajstić information content (AvgIpc) is 2.41. The second kappa shape index (κ2) is 10.0. The molecule has 0 saturated carbocycles. The molecule has 0 fully saturated rings. The molecule has 0 aromatic rings. The van der Waals surface area contributed by atoms with Crippen molar-refractivity contribution in [1.82, 2.24) is 4.31 Å². The van der Waals surface area contributed by atoms with Crippen LogP contribution in [0.1, 0.15) is 41.5 Å². The van der Waals surface area contributed by atoms with Crippen molar-refractivity contribution in [3.05, 3.63) is 0 Å². The molecular weight excluding hydrogens is 332 g/mol. The Kier molecular flexibility index (Phi) is 9.93. The van der Waals surface area contributed by atoms with E-state index < -0.39 is 28.3 Å². The van der Waals surface area contributed by atoms with Gasteiger partial charge in [0.1, 0.15) is 0 Å². The van der Waals surface area contributed by atoms with Crippen molar-refractivity contribution in [3.8, 4) is 0 Å². The summed E-state index contributed by atoms with van der Waals surface area (Å²) in [6, 6.07) is -0.483. The van der Waals surface area contributed by atoms with Gasteiger partial charge in [0, 0.05) is 13.1 Å². The molecule has 7 nitrogen and oxygen atoms in total. The average molecular weight is 369 g/mol. The number of aliphatic hydroxyl groups is 1. The summed E-state index contributed by atoms with van der Waals surface area (Å²) >= 11 is 0. The SMILES string of the molecule is CCN(C[C@@H](COC[C@@H](N)[C@@H](C)O)O[C@@H](C)C(C)(C)C)S(C)(=O)=O. The van der Waals surface area contributed by atoms with Gasteiger partial charge in [-0.25, -0.2) is 8.42 Å². The minimum Gasteiger partial charge on any atom is -0.392 e. The highest BCUT2D eigenvalue weighted by atomic mass is 32.2. The topological polar surface area (TPSA) is 102 Å². The Labute approximate surface area is 147 Å². The first kappa shape index (κ1) is 23.8. The van der Waals surface area contributed by atoms with Gasteiger partial charge >= 0.3 is 0 Å². The molecule has 0 rings (SSSR count). The van der Waals surface area contributed by atoms with Crippen LogP contribution in [0, 0.1) is 5.41 Å². The molecule has 146 valence electrons. The van der Waals surface area contributed by atoms with Gasteiger partial charge in [-0.2, -0.15) is 4.31 Å². The number of rotatable bonds is 11. The summed E-state index contributed by atoms with van der Waals surface area (Å²) in [6.07, 6.45) is 0.0382. The normalized spacial score (nSPS) is 18.4. The fourth-order valence-corrected chi connectivity index (χ4v) is 2.73. The van der Waals surface area contributed by atoms with Gasteiger partial charge in [-0.3, -0.25) is 0 Å². The van der Waals surface area contributed by atoms with Crippen molar-refractivity contribution in [2.24, 2.45) is 11.1 Å². The number of sulfonamides is 1. The summed E-state index contributed by atoms with van der Waals surface area (Å²) in [4.78, 5) is 0. The lowest BCUT2D eigenvalue weighted by Crippen LogP contribution is -2.44. The number of nitrogens with two attached hydrogens (primary N) is 1. The molecule has 24 heavy (non-hydrogen) atoms. The lowest BCUT2D eigenvalue weighted by atomic mass is 9.90. The van der Waals surface area contributed by atoms with Crippen molar-refractivity contribution < 1.29 is 23.0 Å². The maximum absolute atomic E-state index is 11.8. The maximum atomic E-state index is 11.8. The zero-order valence-corrected chi connectivity index (χ0v) is 17.0. The number of aliphatic hydroxyl groups excluding tert-OH is 1. The van der Waals surface area contributed by atoms with E-state index in [1.807, 2.05) is 6.92 Å². The van der Waals surface area contributed by atoms with Crippen LogP contribution >= 0.6 is 0 Å². The van der Waals surface area contributed by atoms with E-state index in [1.54, 1.807) is 13.8 Å². The fraction of sp³-hybridized carbons (Fsp3) is 1.00. The minimum atomic E-state index is -3.30. The van der Waals surface area contributed by atoms with Crippen molar-refractivity contribution in [3.63, 3.8) is 0 Å². The lowest BCUT2D eigenvalue weighted by Gasteiger charge is -2.33. The van der Waals surface area contributed by atoms with Crippen LogP contribution in [-0.4, -0.2) is 74.7 Å².